The summed E-state index contributed by atoms with van der Waals surface area (Å²) in [6.07, 6.45) is -3.40. The second-order valence-corrected chi connectivity index (χ2v) is 6.57. The topological polar surface area (TPSA) is 66.0 Å². The van der Waals surface area contributed by atoms with Gasteiger partial charge in [0.1, 0.15) is 6.61 Å². The molecule has 0 saturated heterocycles. The highest BCUT2D eigenvalue weighted by molar-refractivity contribution is 6.32. The first kappa shape index (κ1) is 18.6. The number of halogens is 5. The largest absolute Gasteiger partial charge is 0.616 e. The lowest BCUT2D eigenvalue weighted by molar-refractivity contribution is -0.379. The Labute approximate surface area is 166 Å². The molecule has 0 atom stereocenters. The van der Waals surface area contributed by atoms with E-state index in [9.17, 15) is 18.4 Å². The summed E-state index contributed by atoms with van der Waals surface area (Å²) < 4.78 is 46.5. The summed E-state index contributed by atoms with van der Waals surface area (Å²) in [5, 5.41) is 16.7. The molecule has 0 fully saturated rings. The highest BCUT2D eigenvalue weighted by Crippen LogP contribution is 2.34. The van der Waals surface area contributed by atoms with Gasteiger partial charge in [0, 0.05) is 18.3 Å². The Morgan fingerprint density at radius 2 is 1.89 bits per heavy atom. The van der Waals surface area contributed by atoms with E-state index in [-0.39, 0.29) is 34.7 Å². The first-order valence-electron chi connectivity index (χ1n) is 7.80. The Balaban J connectivity index is 1.96. The van der Waals surface area contributed by atoms with Gasteiger partial charge in [0.05, 0.1) is 15.6 Å². The van der Waals surface area contributed by atoms with E-state index in [0.29, 0.717) is 21.4 Å². The number of alkyl halides is 3. The summed E-state index contributed by atoms with van der Waals surface area (Å²) in [6.45, 7) is -0.0917. The summed E-state index contributed by atoms with van der Waals surface area (Å²) >= 11 is 12.1. The average molecular weight is 429 g/mol. The number of aromatic nitrogens is 3. The number of fused-ring (bicyclic) bond motifs is 1. The van der Waals surface area contributed by atoms with Gasteiger partial charge in [-0.15, -0.1) is 4.74 Å². The van der Waals surface area contributed by atoms with Gasteiger partial charge in [0.25, 0.3) is 0 Å². The van der Waals surface area contributed by atoms with Gasteiger partial charge >= 0.3 is 12.1 Å². The predicted octanol–water partition coefficient (Wildman–Crippen LogP) is 4.71. The molecule has 0 amide bonds. The molecule has 1 aromatic carbocycles. The van der Waals surface area contributed by atoms with Crippen molar-refractivity contribution >= 4 is 34.8 Å². The molecule has 0 aliphatic carbocycles. The molecule has 144 valence electrons. The molecule has 0 saturated carbocycles. The number of pyridine rings is 1. The van der Waals surface area contributed by atoms with Crippen molar-refractivity contribution in [1.82, 2.24) is 14.8 Å². The van der Waals surface area contributed by atoms with Crippen LogP contribution in [0, 0.1) is 5.21 Å². The molecule has 0 N–H and O–H groups in total. The summed E-state index contributed by atoms with van der Waals surface area (Å²) in [4.78, 5) is 3.97. The van der Waals surface area contributed by atoms with Crippen LogP contribution in [0.5, 0.6) is 0 Å². The van der Waals surface area contributed by atoms with Gasteiger partial charge in [0.2, 0.25) is 5.69 Å². The molecule has 1 aliphatic rings. The molecule has 0 spiro atoms. The normalized spacial score (nSPS) is 14.0. The Hall–Kier alpha value is -2.78. The lowest BCUT2D eigenvalue weighted by Crippen LogP contribution is -2.25. The molecule has 3 aromatic rings. The minimum absolute atomic E-state index is 0.0536. The predicted molar refractivity (Wildman–Crippen MR) is 95.0 cm³/mol. The van der Waals surface area contributed by atoms with E-state index in [4.69, 9.17) is 27.9 Å². The maximum absolute atomic E-state index is 13.3. The third-order valence-electron chi connectivity index (χ3n) is 4.01. The second-order valence-electron chi connectivity index (χ2n) is 5.76. The van der Waals surface area contributed by atoms with Crippen LogP contribution >= 0.6 is 23.2 Å². The summed E-state index contributed by atoms with van der Waals surface area (Å²) in [5.74, 6) is -0.449. The Kier molecular flexibility index (Phi) is 4.43. The van der Waals surface area contributed by atoms with Crippen LogP contribution in [0.3, 0.4) is 0 Å². The fourth-order valence-corrected chi connectivity index (χ4v) is 3.16. The van der Waals surface area contributed by atoms with Crippen LogP contribution in [0.25, 0.3) is 5.82 Å². The van der Waals surface area contributed by atoms with Crippen molar-refractivity contribution in [2.75, 3.05) is 0 Å². The van der Waals surface area contributed by atoms with Crippen LogP contribution in [-0.4, -0.2) is 25.4 Å². The number of hydrogen-bond acceptors (Lipinski definition) is 4. The van der Waals surface area contributed by atoms with E-state index >= 15 is 0 Å². The van der Waals surface area contributed by atoms with Gasteiger partial charge in [-0.25, -0.2) is 9.67 Å². The molecule has 3 heterocycles. The van der Waals surface area contributed by atoms with Crippen molar-refractivity contribution in [2.24, 2.45) is 0 Å². The number of rotatable bonds is 2. The van der Waals surface area contributed by atoms with Gasteiger partial charge in [-0.1, -0.05) is 29.3 Å². The van der Waals surface area contributed by atoms with Gasteiger partial charge in [-0.2, -0.15) is 18.3 Å². The molecule has 0 radical (unpaired) electrons. The SMILES string of the molecule is [O-][N+]1=C(c2cc(C(F)(F)F)nn2-c2ncccc2Cl)OCc2c(Cl)cccc21. The second kappa shape index (κ2) is 6.68. The smallest absolute Gasteiger partial charge is 0.435 e. The lowest BCUT2D eigenvalue weighted by Gasteiger charge is -2.19. The summed E-state index contributed by atoms with van der Waals surface area (Å²) in [5.41, 5.74) is -0.859. The van der Waals surface area contributed by atoms with Crippen molar-refractivity contribution in [2.45, 2.75) is 12.8 Å². The van der Waals surface area contributed by atoms with E-state index in [2.05, 4.69) is 10.1 Å². The summed E-state index contributed by atoms with van der Waals surface area (Å²) in [7, 11) is 0. The van der Waals surface area contributed by atoms with Gasteiger partial charge in [-0.05, 0) is 18.2 Å². The molecule has 0 bridgehead atoms. The molecule has 0 unspecified atom stereocenters. The molecule has 4 rings (SSSR count). The monoisotopic (exact) mass is 428 g/mol. The van der Waals surface area contributed by atoms with E-state index in [1.807, 2.05) is 0 Å². The quantitative estimate of drug-likeness (QED) is 0.437. The number of benzene rings is 1. The van der Waals surface area contributed by atoms with Crippen LogP contribution in [0.4, 0.5) is 18.9 Å². The zero-order valence-electron chi connectivity index (χ0n) is 13.7. The highest BCUT2D eigenvalue weighted by atomic mass is 35.5. The first-order valence-corrected chi connectivity index (χ1v) is 8.56. The standard InChI is InChI=1S/C17H9Cl2F3N4O2/c18-10-3-1-5-12-9(10)8-28-16(26(12)27)13-7-14(17(20,21)22)24-25(13)15-11(19)4-2-6-23-15/h1-7H,8H2. The van der Waals surface area contributed by atoms with Gasteiger partial charge in [0.15, 0.2) is 17.2 Å². The Morgan fingerprint density at radius 1 is 1.14 bits per heavy atom. The van der Waals surface area contributed by atoms with E-state index < -0.39 is 11.9 Å². The molecular weight excluding hydrogens is 420 g/mol. The van der Waals surface area contributed by atoms with Crippen LogP contribution in [0.1, 0.15) is 17.0 Å². The highest BCUT2D eigenvalue weighted by Gasteiger charge is 2.39. The zero-order valence-corrected chi connectivity index (χ0v) is 15.3. The maximum Gasteiger partial charge on any atom is 0.435 e. The number of hydrogen-bond donors (Lipinski definition) is 0. The molecule has 2 aromatic heterocycles. The van der Waals surface area contributed by atoms with Crippen molar-refractivity contribution in [3.05, 3.63) is 74.8 Å². The Morgan fingerprint density at radius 3 is 2.61 bits per heavy atom. The summed E-state index contributed by atoms with van der Waals surface area (Å²) in [6, 6.07) is 8.31. The third-order valence-corrected chi connectivity index (χ3v) is 4.66. The van der Waals surface area contributed by atoms with Crippen molar-refractivity contribution < 1.29 is 22.6 Å². The van der Waals surface area contributed by atoms with E-state index in [0.717, 1.165) is 4.68 Å². The third kappa shape index (κ3) is 3.06. The van der Waals surface area contributed by atoms with E-state index in [1.165, 1.54) is 24.4 Å². The molecular formula is C17H9Cl2F3N4O2. The van der Waals surface area contributed by atoms with Crippen molar-refractivity contribution in [3.8, 4) is 5.82 Å². The maximum atomic E-state index is 13.3. The van der Waals surface area contributed by atoms with Crippen LogP contribution in [0.15, 0.2) is 42.6 Å². The lowest BCUT2D eigenvalue weighted by atomic mass is 10.1. The molecule has 28 heavy (non-hydrogen) atoms. The minimum Gasteiger partial charge on any atom is -0.616 e. The first-order chi connectivity index (χ1) is 13.3. The average Bonchev–Trinajstić information content (AvgIpc) is 3.08. The number of ether oxygens (including phenoxy) is 1. The van der Waals surface area contributed by atoms with E-state index in [1.54, 1.807) is 12.1 Å². The number of nitrogens with zero attached hydrogens (tertiary/aromatic N) is 4. The molecule has 1 aliphatic heterocycles. The van der Waals surface area contributed by atoms with Crippen LogP contribution in [-0.2, 0) is 17.5 Å². The minimum atomic E-state index is -4.74. The fraction of sp³-hybridized carbons (Fsp3) is 0.118. The fourth-order valence-electron chi connectivity index (χ4n) is 2.73. The van der Waals surface area contributed by atoms with Crippen LogP contribution in [0.2, 0.25) is 10.0 Å². The molecule has 11 heteroatoms. The van der Waals surface area contributed by atoms with Crippen molar-refractivity contribution in [3.63, 3.8) is 0 Å². The van der Waals surface area contributed by atoms with Crippen LogP contribution < -0.4 is 0 Å². The molecule has 6 nitrogen and oxygen atoms in total. The van der Waals surface area contributed by atoms with Crippen molar-refractivity contribution in [1.29, 1.82) is 0 Å². The van der Waals surface area contributed by atoms with Gasteiger partial charge in [-0.3, -0.25) is 0 Å². The van der Waals surface area contributed by atoms with Gasteiger partial charge < -0.3 is 9.94 Å². The zero-order chi connectivity index (χ0) is 20.1. The Bertz CT molecular complexity index is 1110.